The van der Waals surface area contributed by atoms with Gasteiger partial charge < -0.3 is 4.90 Å². The van der Waals surface area contributed by atoms with E-state index in [4.69, 9.17) is 0 Å². The third-order valence-electron chi connectivity index (χ3n) is 3.05. The zero-order chi connectivity index (χ0) is 11.5. The summed E-state index contributed by atoms with van der Waals surface area (Å²) in [6.07, 6.45) is 4.48. The summed E-state index contributed by atoms with van der Waals surface area (Å²) in [4.78, 5) is 17.3. The SMILES string of the molecule is CC1CCCCN1C(=O)c1cccnc1F. The van der Waals surface area contributed by atoms with E-state index in [2.05, 4.69) is 4.98 Å². The maximum Gasteiger partial charge on any atom is 0.258 e. The lowest BCUT2D eigenvalue weighted by Gasteiger charge is -2.33. The van der Waals surface area contributed by atoms with Crippen LogP contribution >= 0.6 is 0 Å². The van der Waals surface area contributed by atoms with Gasteiger partial charge in [-0.2, -0.15) is 4.39 Å². The van der Waals surface area contributed by atoms with Gasteiger partial charge in [-0.05, 0) is 38.3 Å². The molecule has 0 bridgehead atoms. The van der Waals surface area contributed by atoms with Crippen LogP contribution in [0.5, 0.6) is 0 Å². The predicted molar refractivity (Wildman–Crippen MR) is 58.5 cm³/mol. The minimum absolute atomic E-state index is 0.0799. The van der Waals surface area contributed by atoms with Gasteiger partial charge in [0.1, 0.15) is 0 Å². The zero-order valence-corrected chi connectivity index (χ0v) is 9.32. The number of nitrogens with zero attached hydrogens (tertiary/aromatic N) is 2. The van der Waals surface area contributed by atoms with Crippen molar-refractivity contribution in [2.24, 2.45) is 0 Å². The molecule has 4 heteroatoms. The average Bonchev–Trinajstić information content (AvgIpc) is 2.29. The topological polar surface area (TPSA) is 33.2 Å². The summed E-state index contributed by atoms with van der Waals surface area (Å²) in [7, 11) is 0. The Morgan fingerprint density at radius 3 is 3.06 bits per heavy atom. The third-order valence-corrected chi connectivity index (χ3v) is 3.05. The molecular weight excluding hydrogens is 207 g/mol. The number of carbonyl (C=O) groups is 1. The first-order valence-corrected chi connectivity index (χ1v) is 5.61. The Labute approximate surface area is 94.3 Å². The number of rotatable bonds is 1. The van der Waals surface area contributed by atoms with Gasteiger partial charge in [0.25, 0.3) is 5.91 Å². The maximum absolute atomic E-state index is 13.4. The molecule has 1 amide bonds. The number of amides is 1. The molecule has 1 aliphatic rings. The molecule has 16 heavy (non-hydrogen) atoms. The molecule has 0 N–H and O–H groups in total. The fourth-order valence-corrected chi connectivity index (χ4v) is 2.10. The minimum Gasteiger partial charge on any atom is -0.336 e. The van der Waals surface area contributed by atoms with Crippen molar-refractivity contribution in [2.75, 3.05) is 6.54 Å². The first-order chi connectivity index (χ1) is 7.70. The summed E-state index contributed by atoms with van der Waals surface area (Å²) in [5.74, 6) is -0.914. The first-order valence-electron chi connectivity index (χ1n) is 5.61. The van der Waals surface area contributed by atoms with E-state index in [-0.39, 0.29) is 17.5 Å². The summed E-state index contributed by atoms with van der Waals surface area (Å²) in [6.45, 7) is 2.72. The van der Waals surface area contributed by atoms with Crippen molar-refractivity contribution in [3.63, 3.8) is 0 Å². The number of halogens is 1. The van der Waals surface area contributed by atoms with Crippen molar-refractivity contribution in [3.05, 3.63) is 29.8 Å². The molecule has 2 rings (SSSR count). The highest BCUT2D eigenvalue weighted by Crippen LogP contribution is 2.19. The van der Waals surface area contributed by atoms with Gasteiger partial charge in [-0.1, -0.05) is 0 Å². The second-order valence-electron chi connectivity index (χ2n) is 4.19. The third kappa shape index (κ3) is 2.05. The summed E-state index contributed by atoms with van der Waals surface area (Å²) >= 11 is 0. The number of hydrogen-bond acceptors (Lipinski definition) is 2. The summed E-state index contributed by atoms with van der Waals surface area (Å²) in [5, 5.41) is 0. The lowest BCUT2D eigenvalue weighted by Crippen LogP contribution is -2.42. The van der Waals surface area contributed by atoms with E-state index in [0.29, 0.717) is 6.54 Å². The fourth-order valence-electron chi connectivity index (χ4n) is 2.10. The van der Waals surface area contributed by atoms with Crippen LogP contribution in [0.3, 0.4) is 0 Å². The predicted octanol–water partition coefficient (Wildman–Crippen LogP) is 2.24. The van der Waals surface area contributed by atoms with Gasteiger partial charge in [-0.3, -0.25) is 4.79 Å². The van der Waals surface area contributed by atoms with Gasteiger partial charge in [-0.25, -0.2) is 4.98 Å². The van der Waals surface area contributed by atoms with E-state index in [1.807, 2.05) is 6.92 Å². The van der Waals surface area contributed by atoms with Crippen LogP contribution in [0.15, 0.2) is 18.3 Å². The molecule has 0 aromatic carbocycles. The molecule has 1 fully saturated rings. The molecule has 1 aromatic rings. The molecule has 1 aliphatic heterocycles. The Morgan fingerprint density at radius 1 is 1.56 bits per heavy atom. The first kappa shape index (κ1) is 11.0. The van der Waals surface area contributed by atoms with Gasteiger partial charge in [0, 0.05) is 18.8 Å². The van der Waals surface area contributed by atoms with Crippen molar-refractivity contribution < 1.29 is 9.18 Å². The van der Waals surface area contributed by atoms with E-state index in [1.165, 1.54) is 12.3 Å². The van der Waals surface area contributed by atoms with Gasteiger partial charge in [0.2, 0.25) is 5.95 Å². The van der Waals surface area contributed by atoms with E-state index >= 15 is 0 Å². The smallest absolute Gasteiger partial charge is 0.258 e. The van der Waals surface area contributed by atoms with Crippen LogP contribution in [-0.4, -0.2) is 28.4 Å². The number of carbonyl (C=O) groups excluding carboxylic acids is 1. The lowest BCUT2D eigenvalue weighted by molar-refractivity contribution is 0.0630. The summed E-state index contributed by atoms with van der Waals surface area (Å²) in [5.41, 5.74) is 0.0799. The molecule has 86 valence electrons. The number of aromatic nitrogens is 1. The van der Waals surface area contributed by atoms with Crippen LogP contribution in [0.1, 0.15) is 36.5 Å². The van der Waals surface area contributed by atoms with Gasteiger partial charge in [0.15, 0.2) is 0 Å². The Kier molecular flexibility index (Phi) is 3.17. The quantitative estimate of drug-likeness (QED) is 0.683. The van der Waals surface area contributed by atoms with Crippen LogP contribution in [0.2, 0.25) is 0 Å². The summed E-state index contributed by atoms with van der Waals surface area (Å²) < 4.78 is 13.4. The normalized spacial score (nSPS) is 20.9. The maximum atomic E-state index is 13.4. The van der Waals surface area contributed by atoms with Crippen LogP contribution in [0, 0.1) is 5.95 Å². The molecule has 1 aromatic heterocycles. The van der Waals surface area contributed by atoms with Crippen LogP contribution in [-0.2, 0) is 0 Å². The number of pyridine rings is 1. The van der Waals surface area contributed by atoms with Crippen molar-refractivity contribution in [1.82, 2.24) is 9.88 Å². The summed E-state index contributed by atoms with van der Waals surface area (Å²) in [6, 6.07) is 3.28. The van der Waals surface area contributed by atoms with Crippen LogP contribution in [0.25, 0.3) is 0 Å². The van der Waals surface area contributed by atoms with Gasteiger partial charge in [-0.15, -0.1) is 0 Å². The van der Waals surface area contributed by atoms with E-state index in [0.717, 1.165) is 19.3 Å². The highest BCUT2D eigenvalue weighted by Gasteiger charge is 2.26. The fraction of sp³-hybridized carbons (Fsp3) is 0.500. The number of piperidine rings is 1. The van der Waals surface area contributed by atoms with E-state index in [1.54, 1.807) is 11.0 Å². The monoisotopic (exact) mass is 222 g/mol. The van der Waals surface area contributed by atoms with Crippen molar-refractivity contribution in [1.29, 1.82) is 0 Å². The van der Waals surface area contributed by atoms with Gasteiger partial charge >= 0.3 is 0 Å². The minimum atomic E-state index is -0.676. The Bertz CT molecular complexity index is 394. The molecule has 3 nitrogen and oxygen atoms in total. The van der Waals surface area contributed by atoms with Crippen molar-refractivity contribution >= 4 is 5.91 Å². The van der Waals surface area contributed by atoms with Crippen molar-refractivity contribution in [2.45, 2.75) is 32.2 Å². The molecule has 1 unspecified atom stereocenters. The van der Waals surface area contributed by atoms with E-state index < -0.39 is 5.95 Å². The van der Waals surface area contributed by atoms with Crippen molar-refractivity contribution in [3.8, 4) is 0 Å². The van der Waals surface area contributed by atoms with Crippen LogP contribution < -0.4 is 0 Å². The molecule has 2 heterocycles. The molecule has 1 atom stereocenters. The second kappa shape index (κ2) is 4.60. The molecule has 0 aliphatic carbocycles. The Hall–Kier alpha value is -1.45. The van der Waals surface area contributed by atoms with E-state index in [9.17, 15) is 9.18 Å². The zero-order valence-electron chi connectivity index (χ0n) is 9.32. The van der Waals surface area contributed by atoms with Gasteiger partial charge in [0.05, 0.1) is 5.56 Å². The Balaban J connectivity index is 2.21. The Morgan fingerprint density at radius 2 is 2.38 bits per heavy atom. The molecule has 0 spiro atoms. The molecular formula is C12H15FN2O. The number of hydrogen-bond donors (Lipinski definition) is 0. The molecule has 0 saturated carbocycles. The highest BCUT2D eigenvalue weighted by molar-refractivity contribution is 5.94. The average molecular weight is 222 g/mol. The van der Waals surface area contributed by atoms with Crippen LogP contribution in [0.4, 0.5) is 4.39 Å². The second-order valence-corrected chi connectivity index (χ2v) is 4.19. The lowest BCUT2D eigenvalue weighted by atomic mass is 10.0. The molecule has 0 radical (unpaired) electrons. The number of likely N-dealkylation sites (tertiary alicyclic amines) is 1. The molecule has 1 saturated heterocycles. The standard InChI is InChI=1S/C12H15FN2O/c1-9-5-2-3-8-15(9)12(16)10-6-4-7-14-11(10)13/h4,6-7,9H,2-3,5,8H2,1H3. The largest absolute Gasteiger partial charge is 0.336 e. The highest BCUT2D eigenvalue weighted by atomic mass is 19.1.